The summed E-state index contributed by atoms with van der Waals surface area (Å²) in [5.41, 5.74) is 7.24. The van der Waals surface area contributed by atoms with Crippen molar-refractivity contribution in [3.8, 4) is 23.1 Å². The van der Waals surface area contributed by atoms with Crippen LogP contribution < -0.4 is 9.64 Å². The highest BCUT2D eigenvalue weighted by Gasteiger charge is 2.19. The lowest BCUT2D eigenvalue weighted by molar-refractivity contribution is 0.239. The number of benzene rings is 1. The van der Waals surface area contributed by atoms with E-state index in [4.69, 9.17) is 9.72 Å². The van der Waals surface area contributed by atoms with Crippen LogP contribution in [0.2, 0.25) is 0 Å². The number of pyridine rings is 2. The Kier molecular flexibility index (Phi) is 7.48. The first-order chi connectivity index (χ1) is 15.4. The smallest absolute Gasteiger partial charge is 0.146 e. The van der Waals surface area contributed by atoms with Crippen LogP contribution in [0.5, 0.6) is 5.75 Å². The van der Waals surface area contributed by atoms with Crippen LogP contribution in [-0.4, -0.2) is 23.1 Å². The summed E-state index contributed by atoms with van der Waals surface area (Å²) >= 11 is 0. The summed E-state index contributed by atoms with van der Waals surface area (Å²) in [4.78, 5) is 11.4. The second-order valence-corrected chi connectivity index (χ2v) is 8.24. The van der Waals surface area contributed by atoms with Gasteiger partial charge in [0.1, 0.15) is 17.6 Å². The van der Waals surface area contributed by atoms with Gasteiger partial charge in [0, 0.05) is 42.7 Å². The Bertz CT molecular complexity index is 1110. The second kappa shape index (κ2) is 10.3. The Morgan fingerprint density at radius 3 is 2.38 bits per heavy atom. The van der Waals surface area contributed by atoms with Crippen molar-refractivity contribution in [3.63, 3.8) is 0 Å². The first kappa shape index (κ1) is 23.3. The molecule has 3 aromatic rings. The molecule has 32 heavy (non-hydrogen) atoms. The molecular weight excluding hydrogens is 396 g/mol. The van der Waals surface area contributed by atoms with Crippen molar-refractivity contribution < 1.29 is 4.74 Å². The van der Waals surface area contributed by atoms with Crippen molar-refractivity contribution in [2.45, 2.75) is 60.1 Å². The summed E-state index contributed by atoms with van der Waals surface area (Å²) in [5.74, 6) is 1.48. The molecule has 0 saturated carbocycles. The third-order valence-corrected chi connectivity index (χ3v) is 5.57. The molecule has 2 aromatic heterocycles. The van der Waals surface area contributed by atoms with Crippen molar-refractivity contribution >= 4 is 5.82 Å². The van der Waals surface area contributed by atoms with E-state index < -0.39 is 0 Å². The standard InChI is InChI=1S/C27H32N4O/c1-7-20-11-9-12-21(8-2)26(20)24-15-25(32-18(3)4)23(19(5)30-24)17-31(6)27-22(16-28)13-10-14-29-27/h9-15,18H,7-8,17H2,1-6H3. The van der Waals surface area contributed by atoms with Gasteiger partial charge in [0.05, 0.1) is 17.4 Å². The third-order valence-electron chi connectivity index (χ3n) is 5.57. The van der Waals surface area contributed by atoms with E-state index in [9.17, 15) is 5.26 Å². The predicted molar refractivity (Wildman–Crippen MR) is 130 cm³/mol. The van der Waals surface area contributed by atoms with Gasteiger partial charge in [-0.25, -0.2) is 4.98 Å². The summed E-state index contributed by atoms with van der Waals surface area (Å²) in [5, 5.41) is 9.47. The average Bonchev–Trinajstić information content (AvgIpc) is 2.79. The summed E-state index contributed by atoms with van der Waals surface area (Å²) < 4.78 is 6.28. The topological polar surface area (TPSA) is 62.0 Å². The van der Waals surface area contributed by atoms with Gasteiger partial charge in [0.25, 0.3) is 0 Å². The van der Waals surface area contributed by atoms with Crippen LogP contribution >= 0.6 is 0 Å². The zero-order chi connectivity index (χ0) is 23.3. The first-order valence-electron chi connectivity index (χ1n) is 11.2. The molecule has 0 unspecified atom stereocenters. The zero-order valence-electron chi connectivity index (χ0n) is 19.9. The molecule has 0 radical (unpaired) electrons. The molecular formula is C27H32N4O. The van der Waals surface area contributed by atoms with Gasteiger partial charge in [-0.3, -0.25) is 4.98 Å². The van der Waals surface area contributed by atoms with Gasteiger partial charge >= 0.3 is 0 Å². The Balaban J connectivity index is 2.11. The van der Waals surface area contributed by atoms with Crippen molar-refractivity contribution in [3.05, 3.63) is 70.5 Å². The molecule has 0 amide bonds. The lowest BCUT2D eigenvalue weighted by Crippen LogP contribution is -2.21. The molecule has 3 rings (SSSR count). The summed E-state index contributed by atoms with van der Waals surface area (Å²) in [6, 6.07) is 14.4. The van der Waals surface area contributed by atoms with Crippen LogP contribution in [0, 0.1) is 18.3 Å². The quantitative estimate of drug-likeness (QED) is 0.449. The minimum Gasteiger partial charge on any atom is -0.491 e. The SMILES string of the molecule is CCc1cccc(CC)c1-c1cc(OC(C)C)c(CN(C)c2ncccc2C#N)c(C)n1. The van der Waals surface area contributed by atoms with Crippen molar-refractivity contribution in [2.75, 3.05) is 11.9 Å². The maximum Gasteiger partial charge on any atom is 0.146 e. The number of aryl methyl sites for hydroxylation is 3. The van der Waals surface area contributed by atoms with Crippen LogP contribution in [0.3, 0.4) is 0 Å². The highest BCUT2D eigenvalue weighted by molar-refractivity contribution is 5.70. The molecule has 166 valence electrons. The summed E-state index contributed by atoms with van der Waals surface area (Å²) in [6.45, 7) is 11.0. The first-order valence-corrected chi connectivity index (χ1v) is 11.2. The number of anilines is 1. The minimum absolute atomic E-state index is 0.0327. The lowest BCUT2D eigenvalue weighted by atomic mass is 9.94. The average molecular weight is 429 g/mol. The van der Waals surface area contributed by atoms with Gasteiger partial charge in [-0.1, -0.05) is 32.0 Å². The molecule has 0 aliphatic carbocycles. The highest BCUT2D eigenvalue weighted by atomic mass is 16.5. The molecule has 0 aliphatic rings. The molecule has 0 N–H and O–H groups in total. The van der Waals surface area contributed by atoms with Crippen molar-refractivity contribution in [1.82, 2.24) is 9.97 Å². The maximum atomic E-state index is 9.47. The van der Waals surface area contributed by atoms with E-state index in [1.807, 2.05) is 32.7 Å². The fraction of sp³-hybridized carbons (Fsp3) is 0.370. The fourth-order valence-corrected chi connectivity index (χ4v) is 4.02. The minimum atomic E-state index is 0.0327. The van der Waals surface area contributed by atoms with Gasteiger partial charge in [0.15, 0.2) is 0 Å². The van der Waals surface area contributed by atoms with E-state index in [2.05, 4.69) is 49.2 Å². The van der Waals surface area contributed by atoms with Gasteiger partial charge in [-0.05, 0) is 56.9 Å². The molecule has 0 aliphatic heterocycles. The van der Waals surface area contributed by atoms with E-state index in [0.29, 0.717) is 17.9 Å². The third kappa shape index (κ3) is 4.91. The monoisotopic (exact) mass is 428 g/mol. The van der Waals surface area contributed by atoms with Crippen molar-refractivity contribution in [1.29, 1.82) is 5.26 Å². The Morgan fingerprint density at radius 1 is 1.09 bits per heavy atom. The molecule has 1 aromatic carbocycles. The molecule has 0 spiro atoms. The molecule has 5 nitrogen and oxygen atoms in total. The summed E-state index contributed by atoms with van der Waals surface area (Å²) in [7, 11) is 1.94. The lowest BCUT2D eigenvalue weighted by Gasteiger charge is -2.24. The van der Waals surface area contributed by atoms with Crippen LogP contribution in [0.25, 0.3) is 11.3 Å². The van der Waals surface area contributed by atoms with E-state index in [-0.39, 0.29) is 6.10 Å². The maximum absolute atomic E-state index is 9.47. The predicted octanol–water partition coefficient (Wildman–Crippen LogP) is 5.87. The zero-order valence-corrected chi connectivity index (χ0v) is 19.9. The number of nitrogens with zero attached hydrogens (tertiary/aromatic N) is 4. The fourth-order valence-electron chi connectivity index (χ4n) is 4.02. The number of hydrogen-bond donors (Lipinski definition) is 0. The van der Waals surface area contributed by atoms with Gasteiger partial charge in [0.2, 0.25) is 0 Å². The Labute approximate surface area is 191 Å². The number of rotatable bonds is 8. The number of aromatic nitrogens is 2. The van der Waals surface area contributed by atoms with Gasteiger partial charge in [-0.15, -0.1) is 0 Å². The van der Waals surface area contributed by atoms with E-state index in [1.165, 1.54) is 16.7 Å². The van der Waals surface area contributed by atoms with Crippen molar-refractivity contribution in [2.24, 2.45) is 0 Å². The summed E-state index contributed by atoms with van der Waals surface area (Å²) in [6.07, 6.45) is 3.64. The molecule has 2 heterocycles. The molecule has 0 saturated heterocycles. The number of nitriles is 1. The van der Waals surface area contributed by atoms with E-state index in [0.717, 1.165) is 35.5 Å². The van der Waals surface area contributed by atoms with Crippen LogP contribution in [0.15, 0.2) is 42.6 Å². The van der Waals surface area contributed by atoms with Crippen LogP contribution in [-0.2, 0) is 19.4 Å². The molecule has 0 bridgehead atoms. The van der Waals surface area contributed by atoms with Gasteiger partial charge in [-0.2, -0.15) is 5.26 Å². The number of hydrogen-bond acceptors (Lipinski definition) is 5. The van der Waals surface area contributed by atoms with E-state index in [1.54, 1.807) is 18.3 Å². The highest BCUT2D eigenvalue weighted by Crippen LogP contribution is 2.34. The van der Waals surface area contributed by atoms with Crippen LogP contribution in [0.1, 0.15) is 55.6 Å². The largest absolute Gasteiger partial charge is 0.491 e. The normalized spacial score (nSPS) is 10.8. The van der Waals surface area contributed by atoms with Crippen LogP contribution in [0.4, 0.5) is 5.82 Å². The van der Waals surface area contributed by atoms with Gasteiger partial charge < -0.3 is 9.64 Å². The number of ether oxygens (including phenoxy) is 1. The Hall–Kier alpha value is -3.39. The van der Waals surface area contributed by atoms with E-state index >= 15 is 0 Å². The molecule has 0 fully saturated rings. The second-order valence-electron chi connectivity index (χ2n) is 8.24. The Morgan fingerprint density at radius 2 is 1.78 bits per heavy atom. The molecule has 0 atom stereocenters. The molecule has 5 heteroatoms.